The van der Waals surface area contributed by atoms with Gasteiger partial charge in [0.1, 0.15) is 0 Å². The molecule has 0 bridgehead atoms. The van der Waals surface area contributed by atoms with Crippen LogP contribution in [-0.4, -0.2) is 11.5 Å². The first-order valence-electron chi connectivity index (χ1n) is 5.34. The Hall–Kier alpha value is -2.70. The van der Waals surface area contributed by atoms with Gasteiger partial charge in [0.2, 0.25) is 0 Å². The summed E-state index contributed by atoms with van der Waals surface area (Å²) in [5.74, 6) is 5.56. The molecule has 0 aliphatic carbocycles. The van der Waals surface area contributed by atoms with Crippen molar-refractivity contribution in [2.75, 3.05) is 6.54 Å². The molecule has 0 saturated carbocycles. The number of hydrogen-bond donors (Lipinski definition) is 1. The molecule has 2 rings (SSSR count). The lowest BCUT2D eigenvalue weighted by Crippen LogP contribution is -2.02. The predicted molar refractivity (Wildman–Crippen MR) is 70.2 cm³/mol. The predicted octanol–water partition coefficient (Wildman–Crippen LogP) is 2.50. The zero-order valence-corrected chi connectivity index (χ0v) is 9.77. The summed E-state index contributed by atoms with van der Waals surface area (Å²) >= 11 is 0. The van der Waals surface area contributed by atoms with Crippen molar-refractivity contribution in [3.8, 4) is 11.8 Å². The van der Waals surface area contributed by atoms with Gasteiger partial charge in [0, 0.05) is 33.1 Å². The van der Waals surface area contributed by atoms with Crippen molar-refractivity contribution in [3.05, 3.63) is 56.2 Å². The molecule has 0 unspecified atom stereocenters. The number of benzene rings is 1. The second kappa shape index (κ2) is 5.09. The molecule has 0 fully saturated rings. The summed E-state index contributed by atoms with van der Waals surface area (Å²) in [6.07, 6.45) is 0. The number of nitrogens with zero attached hydrogens (tertiary/aromatic N) is 3. The topological polar surface area (TPSA) is 81.6 Å². The average Bonchev–Trinajstić information content (AvgIpc) is 2.35. The zero-order valence-electron chi connectivity index (χ0n) is 9.77. The van der Waals surface area contributed by atoms with Gasteiger partial charge in [0.25, 0.3) is 0 Å². The quantitative estimate of drug-likeness (QED) is 0.352. The number of nitrogens with one attached hydrogen (secondary N) is 1. The van der Waals surface area contributed by atoms with Gasteiger partial charge in [0.15, 0.2) is 5.43 Å². The number of aromatic nitrogens is 1. The van der Waals surface area contributed by atoms with Crippen molar-refractivity contribution in [2.24, 2.45) is 5.11 Å². The lowest BCUT2D eigenvalue weighted by Gasteiger charge is -2.00. The first kappa shape index (κ1) is 11.8. The van der Waals surface area contributed by atoms with E-state index in [2.05, 4.69) is 26.9 Å². The zero-order chi connectivity index (χ0) is 13.0. The minimum absolute atomic E-state index is 0.0278. The molecule has 2 aromatic rings. The SMILES string of the molecule is Cc1cc(=O)c2cc(C#CCN=[N+]=[N-])ccc2[nH]1. The molecule has 0 saturated heterocycles. The molecule has 1 aromatic carbocycles. The van der Waals surface area contributed by atoms with E-state index in [1.165, 1.54) is 0 Å². The van der Waals surface area contributed by atoms with E-state index in [0.29, 0.717) is 5.39 Å². The van der Waals surface area contributed by atoms with E-state index in [0.717, 1.165) is 16.8 Å². The normalized spacial score (nSPS) is 9.39. The maximum atomic E-state index is 11.8. The molecule has 0 aliphatic heterocycles. The van der Waals surface area contributed by atoms with Crippen LogP contribution in [0.25, 0.3) is 21.3 Å². The van der Waals surface area contributed by atoms with Crippen LogP contribution < -0.4 is 5.43 Å². The molecule has 18 heavy (non-hydrogen) atoms. The van der Waals surface area contributed by atoms with E-state index in [-0.39, 0.29) is 12.0 Å². The number of azide groups is 1. The van der Waals surface area contributed by atoms with Crippen LogP contribution in [0.2, 0.25) is 0 Å². The standard InChI is InChI=1S/C13H10N4O/c1-9-7-13(18)11-8-10(3-2-6-15-17-14)4-5-12(11)16-9/h4-5,7-8H,6H2,1H3,(H,16,18). The number of H-pyrrole nitrogens is 1. The Balaban J connectivity index is 2.46. The van der Waals surface area contributed by atoms with Crippen molar-refractivity contribution in [1.29, 1.82) is 0 Å². The van der Waals surface area contributed by atoms with Crippen molar-refractivity contribution in [3.63, 3.8) is 0 Å². The summed E-state index contributed by atoms with van der Waals surface area (Å²) in [6, 6.07) is 6.93. The van der Waals surface area contributed by atoms with E-state index < -0.39 is 0 Å². The molecule has 0 aliphatic rings. The fraction of sp³-hybridized carbons (Fsp3) is 0.154. The highest BCUT2D eigenvalue weighted by molar-refractivity contribution is 5.80. The summed E-state index contributed by atoms with van der Waals surface area (Å²) < 4.78 is 0. The molecule has 1 heterocycles. The fourth-order valence-electron chi connectivity index (χ4n) is 1.67. The summed E-state index contributed by atoms with van der Waals surface area (Å²) in [5.41, 5.74) is 10.4. The molecule has 0 radical (unpaired) electrons. The van der Waals surface area contributed by atoms with Gasteiger partial charge in [-0.15, -0.1) is 0 Å². The minimum atomic E-state index is -0.0278. The second-order valence-corrected chi connectivity index (χ2v) is 3.77. The van der Waals surface area contributed by atoms with Gasteiger partial charge in [-0.2, -0.15) is 0 Å². The van der Waals surface area contributed by atoms with Crippen LogP contribution in [0.4, 0.5) is 0 Å². The third-order valence-electron chi connectivity index (χ3n) is 2.41. The van der Waals surface area contributed by atoms with Gasteiger partial charge in [-0.3, -0.25) is 4.79 Å². The Morgan fingerprint density at radius 1 is 1.44 bits per heavy atom. The molecule has 88 valence electrons. The molecule has 5 heteroatoms. The third kappa shape index (κ3) is 2.51. The Kier molecular flexibility index (Phi) is 3.33. The van der Waals surface area contributed by atoms with Crippen molar-refractivity contribution < 1.29 is 0 Å². The second-order valence-electron chi connectivity index (χ2n) is 3.77. The molecular formula is C13H10N4O. The van der Waals surface area contributed by atoms with E-state index >= 15 is 0 Å². The summed E-state index contributed by atoms with van der Waals surface area (Å²) in [7, 11) is 0. The van der Waals surface area contributed by atoms with E-state index in [9.17, 15) is 4.79 Å². The van der Waals surface area contributed by atoms with Crippen LogP contribution in [0.15, 0.2) is 34.2 Å². The maximum Gasteiger partial charge on any atom is 0.189 e. The highest BCUT2D eigenvalue weighted by atomic mass is 16.1. The van der Waals surface area contributed by atoms with Crippen LogP contribution in [0.1, 0.15) is 11.3 Å². The Morgan fingerprint density at radius 3 is 3.06 bits per heavy atom. The number of pyridine rings is 1. The van der Waals surface area contributed by atoms with E-state index in [4.69, 9.17) is 5.53 Å². The molecule has 1 N–H and O–H groups in total. The van der Waals surface area contributed by atoms with Gasteiger partial charge in [-0.05, 0) is 30.7 Å². The van der Waals surface area contributed by atoms with Gasteiger partial charge >= 0.3 is 0 Å². The largest absolute Gasteiger partial charge is 0.358 e. The van der Waals surface area contributed by atoms with E-state index in [1.54, 1.807) is 12.1 Å². The highest BCUT2D eigenvalue weighted by Crippen LogP contribution is 2.10. The molecule has 1 aromatic heterocycles. The van der Waals surface area contributed by atoms with Crippen molar-refractivity contribution in [1.82, 2.24) is 4.98 Å². The lowest BCUT2D eigenvalue weighted by atomic mass is 10.1. The highest BCUT2D eigenvalue weighted by Gasteiger charge is 2.00. The van der Waals surface area contributed by atoms with Crippen molar-refractivity contribution in [2.45, 2.75) is 6.92 Å². The minimum Gasteiger partial charge on any atom is -0.358 e. The fourth-order valence-corrected chi connectivity index (χ4v) is 1.67. The monoisotopic (exact) mass is 238 g/mol. The Morgan fingerprint density at radius 2 is 2.28 bits per heavy atom. The first-order chi connectivity index (χ1) is 8.70. The third-order valence-corrected chi connectivity index (χ3v) is 2.41. The van der Waals surface area contributed by atoms with Gasteiger partial charge in [0.05, 0.1) is 6.54 Å². The Labute approximate surface area is 103 Å². The number of aromatic amines is 1. The molecule has 5 nitrogen and oxygen atoms in total. The maximum absolute atomic E-state index is 11.8. The summed E-state index contributed by atoms with van der Waals surface area (Å²) in [6.45, 7) is 1.97. The molecule has 0 atom stereocenters. The van der Waals surface area contributed by atoms with Gasteiger partial charge in [-0.1, -0.05) is 17.0 Å². The smallest absolute Gasteiger partial charge is 0.189 e. The van der Waals surface area contributed by atoms with Crippen molar-refractivity contribution >= 4 is 10.9 Å². The van der Waals surface area contributed by atoms with Crippen LogP contribution in [0.5, 0.6) is 0 Å². The number of hydrogen-bond acceptors (Lipinski definition) is 2. The van der Waals surface area contributed by atoms with Crippen LogP contribution in [0.3, 0.4) is 0 Å². The first-order valence-corrected chi connectivity index (χ1v) is 5.34. The number of rotatable bonds is 1. The van der Waals surface area contributed by atoms with Gasteiger partial charge in [-0.25, -0.2) is 0 Å². The van der Waals surface area contributed by atoms with Gasteiger partial charge < -0.3 is 4.98 Å². The van der Waals surface area contributed by atoms with Crippen LogP contribution in [-0.2, 0) is 0 Å². The molecule has 0 amide bonds. The van der Waals surface area contributed by atoms with E-state index in [1.807, 2.05) is 19.1 Å². The Bertz CT molecular complexity index is 758. The summed E-state index contributed by atoms with van der Waals surface area (Å²) in [4.78, 5) is 17.5. The molecular weight excluding hydrogens is 228 g/mol. The molecule has 0 spiro atoms. The number of fused-ring (bicyclic) bond motifs is 1. The van der Waals surface area contributed by atoms with Crippen LogP contribution in [0, 0.1) is 18.8 Å². The average molecular weight is 238 g/mol. The van der Waals surface area contributed by atoms with Crippen LogP contribution >= 0.6 is 0 Å². The number of aryl methyl sites for hydroxylation is 1. The summed E-state index contributed by atoms with van der Waals surface area (Å²) in [5, 5.41) is 3.92. The lowest BCUT2D eigenvalue weighted by molar-refractivity contribution is 1.24.